The monoisotopic (exact) mass is 333 g/mol. The highest BCUT2D eigenvalue weighted by molar-refractivity contribution is 9.10. The number of nitrogens with zero attached hydrogens (tertiary/aromatic N) is 1. The predicted molar refractivity (Wildman–Crippen MR) is 79.6 cm³/mol. The van der Waals surface area contributed by atoms with E-state index >= 15 is 0 Å². The second kappa shape index (κ2) is 5.83. The Morgan fingerprint density at radius 3 is 2.70 bits per heavy atom. The molecule has 0 aliphatic heterocycles. The summed E-state index contributed by atoms with van der Waals surface area (Å²) >= 11 is 3.21. The average molecular weight is 334 g/mol. The fraction of sp³-hybridized carbons (Fsp3) is 0.0714. The summed E-state index contributed by atoms with van der Waals surface area (Å²) in [5, 5.41) is 2.75. The molecular formula is C14H12BrN3O2. The van der Waals surface area contributed by atoms with Gasteiger partial charge in [-0.2, -0.15) is 0 Å². The Labute approximate surface area is 124 Å². The van der Waals surface area contributed by atoms with E-state index in [1.54, 1.807) is 37.3 Å². The third kappa shape index (κ3) is 3.03. The number of primary amides is 1. The average Bonchev–Trinajstić information content (AvgIpc) is 2.40. The minimum Gasteiger partial charge on any atom is -0.366 e. The Morgan fingerprint density at radius 2 is 2.05 bits per heavy atom. The highest BCUT2D eigenvalue weighted by atomic mass is 79.9. The van der Waals surface area contributed by atoms with Crippen LogP contribution in [-0.2, 0) is 0 Å². The van der Waals surface area contributed by atoms with Crippen LogP contribution in [0.25, 0.3) is 0 Å². The number of rotatable bonds is 3. The first-order valence-corrected chi connectivity index (χ1v) is 6.60. The van der Waals surface area contributed by atoms with E-state index in [9.17, 15) is 9.59 Å². The molecule has 0 radical (unpaired) electrons. The summed E-state index contributed by atoms with van der Waals surface area (Å²) in [7, 11) is 0. The summed E-state index contributed by atoms with van der Waals surface area (Å²) in [5.41, 5.74) is 7.33. The van der Waals surface area contributed by atoms with Crippen molar-refractivity contribution in [1.29, 1.82) is 0 Å². The van der Waals surface area contributed by atoms with Gasteiger partial charge in [-0.1, -0.05) is 6.07 Å². The second-order valence-electron chi connectivity index (χ2n) is 4.16. The molecule has 2 rings (SSSR count). The van der Waals surface area contributed by atoms with Gasteiger partial charge in [-0.25, -0.2) is 4.98 Å². The van der Waals surface area contributed by atoms with Crippen LogP contribution in [-0.4, -0.2) is 16.8 Å². The van der Waals surface area contributed by atoms with Crippen molar-refractivity contribution in [2.75, 3.05) is 5.32 Å². The highest BCUT2D eigenvalue weighted by Gasteiger charge is 2.12. The van der Waals surface area contributed by atoms with Crippen LogP contribution < -0.4 is 11.1 Å². The Kier molecular flexibility index (Phi) is 4.14. The van der Waals surface area contributed by atoms with Gasteiger partial charge < -0.3 is 11.1 Å². The molecule has 20 heavy (non-hydrogen) atoms. The van der Waals surface area contributed by atoms with Crippen molar-refractivity contribution in [3.8, 4) is 0 Å². The topological polar surface area (TPSA) is 85.1 Å². The molecule has 3 N–H and O–H groups in total. The fourth-order valence-corrected chi connectivity index (χ4v) is 2.14. The number of nitrogens with two attached hydrogens (primary N) is 1. The number of aromatic nitrogens is 1. The molecule has 0 bridgehead atoms. The molecule has 0 fully saturated rings. The van der Waals surface area contributed by atoms with E-state index in [0.717, 1.165) is 0 Å². The lowest BCUT2D eigenvalue weighted by Gasteiger charge is -2.10. The van der Waals surface area contributed by atoms with Gasteiger partial charge in [0.25, 0.3) is 5.91 Å². The molecule has 6 heteroatoms. The van der Waals surface area contributed by atoms with Gasteiger partial charge in [0.1, 0.15) is 4.60 Å². The summed E-state index contributed by atoms with van der Waals surface area (Å²) < 4.78 is 0.577. The maximum Gasteiger partial charge on any atom is 0.255 e. The molecule has 0 spiro atoms. The quantitative estimate of drug-likeness (QED) is 0.846. The van der Waals surface area contributed by atoms with E-state index in [4.69, 9.17) is 5.73 Å². The SMILES string of the molecule is Cc1c(NC(=O)c2ccnc(Br)c2)cccc1C(N)=O. The number of carbonyl (C=O) groups is 2. The van der Waals surface area contributed by atoms with Gasteiger partial charge in [-0.3, -0.25) is 9.59 Å². The lowest BCUT2D eigenvalue weighted by atomic mass is 10.1. The molecule has 102 valence electrons. The Morgan fingerprint density at radius 1 is 1.30 bits per heavy atom. The summed E-state index contributed by atoms with van der Waals surface area (Å²) in [6.45, 7) is 1.73. The molecule has 1 heterocycles. The molecule has 0 saturated carbocycles. The van der Waals surface area contributed by atoms with Crippen molar-refractivity contribution in [3.05, 3.63) is 57.8 Å². The molecule has 1 aromatic heterocycles. The van der Waals surface area contributed by atoms with Crippen LogP contribution >= 0.6 is 15.9 Å². The molecule has 0 unspecified atom stereocenters. The van der Waals surface area contributed by atoms with Gasteiger partial charge in [0.05, 0.1) is 0 Å². The zero-order chi connectivity index (χ0) is 14.7. The van der Waals surface area contributed by atoms with Crippen LogP contribution in [0.15, 0.2) is 41.1 Å². The van der Waals surface area contributed by atoms with Crippen LogP contribution in [0.4, 0.5) is 5.69 Å². The van der Waals surface area contributed by atoms with Crippen LogP contribution in [0.3, 0.4) is 0 Å². The van der Waals surface area contributed by atoms with E-state index in [1.807, 2.05) is 0 Å². The summed E-state index contributed by atoms with van der Waals surface area (Å²) in [4.78, 5) is 27.4. The van der Waals surface area contributed by atoms with Crippen molar-refractivity contribution in [3.63, 3.8) is 0 Å². The van der Waals surface area contributed by atoms with Crippen molar-refractivity contribution in [1.82, 2.24) is 4.98 Å². The lowest BCUT2D eigenvalue weighted by Crippen LogP contribution is -2.16. The second-order valence-corrected chi connectivity index (χ2v) is 4.98. The molecule has 0 saturated heterocycles. The molecule has 0 atom stereocenters. The number of amides is 2. The van der Waals surface area contributed by atoms with E-state index < -0.39 is 5.91 Å². The van der Waals surface area contributed by atoms with E-state index in [1.165, 1.54) is 6.20 Å². The molecule has 0 aliphatic carbocycles. The van der Waals surface area contributed by atoms with E-state index in [2.05, 4.69) is 26.2 Å². The zero-order valence-corrected chi connectivity index (χ0v) is 12.3. The summed E-state index contributed by atoms with van der Waals surface area (Å²) in [6, 6.07) is 8.23. The molecule has 1 aromatic carbocycles. The predicted octanol–water partition coefficient (Wildman–Crippen LogP) is 2.50. The zero-order valence-electron chi connectivity index (χ0n) is 10.7. The fourth-order valence-electron chi connectivity index (χ4n) is 1.78. The first-order chi connectivity index (χ1) is 9.49. The van der Waals surface area contributed by atoms with Gasteiger partial charge >= 0.3 is 0 Å². The largest absolute Gasteiger partial charge is 0.366 e. The number of benzene rings is 1. The van der Waals surface area contributed by atoms with Crippen molar-refractivity contribution in [2.45, 2.75) is 6.92 Å². The first kappa shape index (κ1) is 14.2. The number of hydrogen-bond acceptors (Lipinski definition) is 3. The highest BCUT2D eigenvalue weighted by Crippen LogP contribution is 2.19. The van der Waals surface area contributed by atoms with Crippen molar-refractivity contribution in [2.24, 2.45) is 5.73 Å². The Bertz CT molecular complexity index is 686. The van der Waals surface area contributed by atoms with Crippen LogP contribution in [0.2, 0.25) is 0 Å². The number of anilines is 1. The number of hydrogen-bond donors (Lipinski definition) is 2. The maximum absolute atomic E-state index is 12.1. The van der Waals surface area contributed by atoms with Gasteiger partial charge in [0.15, 0.2) is 0 Å². The number of carbonyl (C=O) groups excluding carboxylic acids is 2. The molecule has 2 aromatic rings. The summed E-state index contributed by atoms with van der Waals surface area (Å²) in [6.07, 6.45) is 1.53. The third-order valence-electron chi connectivity index (χ3n) is 2.84. The van der Waals surface area contributed by atoms with Crippen LogP contribution in [0, 0.1) is 6.92 Å². The minimum absolute atomic E-state index is 0.280. The van der Waals surface area contributed by atoms with E-state index in [0.29, 0.717) is 27.0 Å². The number of pyridine rings is 1. The van der Waals surface area contributed by atoms with Gasteiger partial charge in [-0.15, -0.1) is 0 Å². The standard InChI is InChI=1S/C14H12BrN3O2/c1-8-10(13(16)19)3-2-4-11(8)18-14(20)9-5-6-17-12(15)7-9/h2-7H,1H3,(H2,16,19)(H,18,20). The Hall–Kier alpha value is -2.21. The van der Waals surface area contributed by atoms with Gasteiger partial charge in [0, 0.05) is 23.0 Å². The molecule has 2 amide bonds. The van der Waals surface area contributed by atoms with Gasteiger partial charge in [0.2, 0.25) is 5.91 Å². The normalized spacial score (nSPS) is 10.1. The first-order valence-electron chi connectivity index (χ1n) is 5.81. The lowest BCUT2D eigenvalue weighted by molar-refractivity contribution is 0.0995. The van der Waals surface area contributed by atoms with Gasteiger partial charge in [-0.05, 0) is 52.7 Å². The molecule has 0 aliphatic rings. The maximum atomic E-state index is 12.1. The van der Waals surface area contributed by atoms with Crippen LogP contribution in [0.5, 0.6) is 0 Å². The smallest absolute Gasteiger partial charge is 0.255 e. The van der Waals surface area contributed by atoms with Crippen molar-refractivity contribution >= 4 is 33.4 Å². The third-order valence-corrected chi connectivity index (χ3v) is 3.27. The molecule has 5 nitrogen and oxygen atoms in total. The van der Waals surface area contributed by atoms with Crippen molar-refractivity contribution < 1.29 is 9.59 Å². The van der Waals surface area contributed by atoms with E-state index in [-0.39, 0.29) is 5.91 Å². The Balaban J connectivity index is 2.29. The number of halogens is 1. The summed E-state index contributed by atoms with van der Waals surface area (Å²) in [5.74, 6) is -0.803. The van der Waals surface area contributed by atoms with Crippen LogP contribution in [0.1, 0.15) is 26.3 Å². The minimum atomic E-state index is -0.523. The number of nitrogens with one attached hydrogen (secondary N) is 1. The molecular weight excluding hydrogens is 322 g/mol.